The Morgan fingerprint density at radius 2 is 2.00 bits per heavy atom. The average Bonchev–Trinajstić information content (AvgIpc) is 3.11. The van der Waals surface area contributed by atoms with Crippen molar-refractivity contribution in [2.24, 2.45) is 5.16 Å². The van der Waals surface area contributed by atoms with Crippen molar-refractivity contribution in [2.75, 3.05) is 5.32 Å². The van der Waals surface area contributed by atoms with E-state index in [4.69, 9.17) is 39.6 Å². The molecule has 1 N–H and O–H groups in total. The normalized spacial score (nSPS) is 16.1. The summed E-state index contributed by atoms with van der Waals surface area (Å²) in [5.74, 6) is -0.642. The van der Waals surface area contributed by atoms with Crippen molar-refractivity contribution in [3.05, 3.63) is 58.6 Å². The second kappa shape index (κ2) is 8.94. The minimum atomic E-state index is -3.00. The summed E-state index contributed by atoms with van der Waals surface area (Å²) in [6, 6.07) is 11.3. The third kappa shape index (κ3) is 4.84. The van der Waals surface area contributed by atoms with Crippen molar-refractivity contribution >= 4 is 52.1 Å². The highest BCUT2D eigenvalue weighted by atomic mass is 35.5. The minimum absolute atomic E-state index is 0.0817. The molecule has 1 aliphatic heterocycles. The first kappa shape index (κ1) is 20.6. The van der Waals surface area contributed by atoms with Crippen molar-refractivity contribution in [2.45, 2.75) is 24.0 Å². The summed E-state index contributed by atoms with van der Waals surface area (Å²) in [5.41, 5.74) is 1.82. The molecule has 0 aromatic heterocycles. The Morgan fingerprint density at radius 3 is 2.71 bits per heavy atom. The third-order valence-corrected chi connectivity index (χ3v) is 4.58. The maximum Gasteiger partial charge on any atom is 0.387 e. The summed E-state index contributed by atoms with van der Waals surface area (Å²) in [6.45, 7) is -3.00. The molecule has 28 heavy (non-hydrogen) atoms. The van der Waals surface area contributed by atoms with E-state index in [1.54, 1.807) is 30.3 Å². The Balaban J connectivity index is 1.79. The van der Waals surface area contributed by atoms with Crippen LogP contribution < -0.4 is 10.1 Å². The van der Waals surface area contributed by atoms with Crippen LogP contribution in [-0.2, 0) is 9.63 Å². The van der Waals surface area contributed by atoms with Crippen LogP contribution >= 0.6 is 34.8 Å². The Bertz CT molecular complexity index is 909. The topological polar surface area (TPSA) is 59.9 Å². The molecule has 2 aromatic carbocycles. The molecule has 1 aliphatic rings. The number of rotatable bonds is 6. The number of carbonyl (C=O) groups is 1. The van der Waals surface area contributed by atoms with Gasteiger partial charge >= 0.3 is 6.61 Å². The van der Waals surface area contributed by atoms with Gasteiger partial charge in [-0.05, 0) is 29.8 Å². The summed E-state index contributed by atoms with van der Waals surface area (Å²) in [6.07, 6.45) is -0.223. The monoisotopic (exact) mass is 448 g/mol. The fourth-order valence-corrected chi connectivity index (χ4v) is 3.08. The van der Waals surface area contributed by atoms with Gasteiger partial charge in [0.1, 0.15) is 5.75 Å². The number of nitrogens with zero attached hydrogens (tertiary/aromatic N) is 1. The molecule has 5 nitrogen and oxygen atoms in total. The van der Waals surface area contributed by atoms with Gasteiger partial charge < -0.3 is 14.9 Å². The van der Waals surface area contributed by atoms with Crippen LogP contribution in [0.5, 0.6) is 5.75 Å². The predicted molar refractivity (Wildman–Crippen MR) is 104 cm³/mol. The van der Waals surface area contributed by atoms with Gasteiger partial charge in [-0.25, -0.2) is 0 Å². The molecule has 148 valence electrons. The van der Waals surface area contributed by atoms with Crippen LogP contribution in [0.1, 0.15) is 23.7 Å². The van der Waals surface area contributed by atoms with E-state index in [0.29, 0.717) is 17.0 Å². The van der Waals surface area contributed by atoms with Crippen LogP contribution in [0.4, 0.5) is 14.5 Å². The molecule has 0 radical (unpaired) electrons. The number of carbonyl (C=O) groups excluding carboxylic acids is 1. The zero-order chi connectivity index (χ0) is 20.3. The second-order valence-electron chi connectivity index (χ2n) is 5.74. The number of oxime groups is 1. The van der Waals surface area contributed by atoms with Crippen LogP contribution in [0.3, 0.4) is 0 Å². The number of alkyl halides is 4. The van der Waals surface area contributed by atoms with E-state index in [1.165, 1.54) is 12.1 Å². The Hall–Kier alpha value is -2.09. The molecule has 2 aromatic rings. The van der Waals surface area contributed by atoms with Crippen molar-refractivity contribution in [3.8, 4) is 5.75 Å². The van der Waals surface area contributed by atoms with Gasteiger partial charge in [0, 0.05) is 12.1 Å². The molecule has 0 bridgehead atoms. The number of amides is 1. The highest BCUT2D eigenvalue weighted by molar-refractivity contribution is 6.54. The molecule has 1 heterocycles. The predicted octanol–water partition coefficient (Wildman–Crippen LogP) is 5.55. The number of anilines is 1. The molecule has 1 amide bonds. The van der Waals surface area contributed by atoms with Crippen LogP contribution in [-0.4, -0.2) is 23.1 Å². The highest BCUT2D eigenvalue weighted by Gasteiger charge is 2.28. The molecule has 0 spiro atoms. The van der Waals surface area contributed by atoms with Gasteiger partial charge in [0.2, 0.25) is 0 Å². The molecule has 3 rings (SSSR count). The van der Waals surface area contributed by atoms with Crippen molar-refractivity contribution in [1.82, 2.24) is 0 Å². The number of hydrogen-bond donors (Lipinski definition) is 1. The summed E-state index contributed by atoms with van der Waals surface area (Å²) in [7, 11) is 0. The van der Waals surface area contributed by atoms with Gasteiger partial charge in [-0.2, -0.15) is 8.78 Å². The average molecular weight is 450 g/mol. The smallest absolute Gasteiger partial charge is 0.387 e. The Kier molecular flexibility index (Phi) is 6.59. The van der Waals surface area contributed by atoms with Gasteiger partial charge in [0.05, 0.1) is 16.3 Å². The van der Waals surface area contributed by atoms with Gasteiger partial charge in [-0.3, -0.25) is 4.79 Å². The lowest BCUT2D eigenvalue weighted by atomic mass is 9.99. The Labute approximate surface area is 174 Å². The first-order valence-electron chi connectivity index (χ1n) is 8.00. The maximum atomic E-state index is 12.7. The maximum absolute atomic E-state index is 12.7. The van der Waals surface area contributed by atoms with E-state index in [-0.39, 0.29) is 22.8 Å². The summed E-state index contributed by atoms with van der Waals surface area (Å²) in [5, 5.41) is 6.78. The van der Waals surface area contributed by atoms with Crippen molar-refractivity contribution in [3.63, 3.8) is 0 Å². The number of halogens is 5. The summed E-state index contributed by atoms with van der Waals surface area (Å²) in [4.78, 5) is 15.9. The fraction of sp³-hybridized carbons (Fsp3) is 0.222. The van der Waals surface area contributed by atoms with Crippen LogP contribution in [0.2, 0.25) is 5.02 Å². The molecular formula is C18H13Cl3F2N2O3. The first-order valence-corrected chi connectivity index (χ1v) is 9.25. The molecule has 0 saturated carbocycles. The number of benzene rings is 2. The Morgan fingerprint density at radius 1 is 1.25 bits per heavy atom. The molecule has 0 aliphatic carbocycles. The number of nitrogens with one attached hydrogen (secondary N) is 1. The van der Waals surface area contributed by atoms with E-state index < -0.39 is 23.5 Å². The molecule has 0 saturated heterocycles. The van der Waals surface area contributed by atoms with E-state index in [9.17, 15) is 13.6 Å². The van der Waals surface area contributed by atoms with Crippen LogP contribution in [0.25, 0.3) is 0 Å². The molecule has 1 atom stereocenters. The standard InChI is InChI=1S/C18H13Cl3F2N2O3/c19-11-5-2-6-13(27-18(22)23)15(11)12-8-14(28-25-12)9-3-1-4-10(7-9)24-17(26)16(20)21/h1-7,14,16,18H,8H2,(H,24,26). The lowest BCUT2D eigenvalue weighted by Crippen LogP contribution is -2.18. The van der Waals surface area contributed by atoms with Crippen LogP contribution in [0.15, 0.2) is 47.6 Å². The lowest BCUT2D eigenvalue weighted by molar-refractivity contribution is -0.114. The minimum Gasteiger partial charge on any atom is -0.434 e. The third-order valence-electron chi connectivity index (χ3n) is 3.87. The molecular weight excluding hydrogens is 437 g/mol. The summed E-state index contributed by atoms with van der Waals surface area (Å²) < 4.78 is 29.9. The largest absolute Gasteiger partial charge is 0.434 e. The first-order chi connectivity index (χ1) is 13.3. The van der Waals surface area contributed by atoms with E-state index >= 15 is 0 Å². The zero-order valence-corrected chi connectivity index (χ0v) is 16.3. The van der Waals surface area contributed by atoms with E-state index in [2.05, 4.69) is 15.2 Å². The summed E-state index contributed by atoms with van der Waals surface area (Å²) >= 11 is 17.2. The lowest BCUT2D eigenvalue weighted by Gasteiger charge is -2.13. The van der Waals surface area contributed by atoms with E-state index in [1.807, 2.05) is 0 Å². The SMILES string of the molecule is O=C(Nc1cccc(C2CC(c3c(Cl)cccc3OC(F)F)=NO2)c1)C(Cl)Cl. The zero-order valence-electron chi connectivity index (χ0n) is 14.0. The molecule has 10 heteroatoms. The van der Waals surface area contributed by atoms with Crippen molar-refractivity contribution < 1.29 is 23.1 Å². The van der Waals surface area contributed by atoms with E-state index in [0.717, 1.165) is 0 Å². The van der Waals surface area contributed by atoms with Gasteiger partial charge in [-0.1, -0.05) is 58.2 Å². The van der Waals surface area contributed by atoms with Gasteiger partial charge in [0.15, 0.2) is 10.9 Å². The quantitative estimate of drug-likeness (QED) is 0.588. The second-order valence-corrected chi connectivity index (χ2v) is 7.25. The van der Waals surface area contributed by atoms with Gasteiger partial charge in [0.25, 0.3) is 5.91 Å². The molecule has 0 fully saturated rings. The fourth-order valence-electron chi connectivity index (χ4n) is 2.70. The van der Waals surface area contributed by atoms with Gasteiger partial charge in [-0.15, -0.1) is 0 Å². The van der Waals surface area contributed by atoms with Crippen LogP contribution in [0, 0.1) is 0 Å². The highest BCUT2D eigenvalue weighted by Crippen LogP contribution is 2.36. The van der Waals surface area contributed by atoms with Crippen molar-refractivity contribution in [1.29, 1.82) is 0 Å². The number of ether oxygens (including phenoxy) is 1. The molecule has 1 unspecified atom stereocenters. The number of hydrogen-bond acceptors (Lipinski definition) is 4.